The van der Waals surface area contributed by atoms with Gasteiger partial charge < -0.3 is 10.6 Å². The van der Waals surface area contributed by atoms with Crippen LogP contribution in [0.1, 0.15) is 27.3 Å². The van der Waals surface area contributed by atoms with Gasteiger partial charge in [-0.05, 0) is 43.2 Å². The number of anilines is 2. The van der Waals surface area contributed by atoms with Crippen molar-refractivity contribution in [3.05, 3.63) is 82.1 Å². The number of carbonyl (C=O) groups is 1. The minimum absolute atomic E-state index is 0.246. The van der Waals surface area contributed by atoms with Gasteiger partial charge >= 0.3 is 0 Å². The Morgan fingerprint density at radius 3 is 2.54 bits per heavy atom. The summed E-state index contributed by atoms with van der Waals surface area (Å²) in [6.07, 6.45) is 0. The van der Waals surface area contributed by atoms with Crippen molar-refractivity contribution in [3.63, 3.8) is 0 Å². The Labute approximate surface area is 157 Å². The van der Waals surface area contributed by atoms with E-state index < -0.39 is 0 Å². The molecule has 0 fully saturated rings. The quantitative estimate of drug-likeness (QED) is 0.701. The molecule has 5 nitrogen and oxygen atoms in total. The first kappa shape index (κ1) is 17.9. The second-order valence-electron chi connectivity index (χ2n) is 5.98. The standard InChI is InChI=1S/C20H19ClN4O/c1-13-8-9-16(11-17(13)21)24-20-23-14(2)10-18(25-20)19(26)22-12-15-6-4-3-5-7-15/h3-11H,12H2,1-2H3,(H,22,26)(H,23,24,25). The fourth-order valence-corrected chi connectivity index (χ4v) is 2.59. The molecule has 0 radical (unpaired) electrons. The number of benzene rings is 2. The van der Waals surface area contributed by atoms with Crippen molar-refractivity contribution in [3.8, 4) is 0 Å². The van der Waals surface area contributed by atoms with Crippen molar-refractivity contribution in [1.82, 2.24) is 15.3 Å². The van der Waals surface area contributed by atoms with E-state index in [2.05, 4.69) is 20.6 Å². The lowest BCUT2D eigenvalue weighted by Gasteiger charge is -2.10. The minimum atomic E-state index is -0.246. The molecular formula is C20H19ClN4O. The molecule has 1 amide bonds. The van der Waals surface area contributed by atoms with Crippen LogP contribution in [-0.4, -0.2) is 15.9 Å². The van der Waals surface area contributed by atoms with Gasteiger partial charge in [-0.1, -0.05) is 48.0 Å². The first-order valence-corrected chi connectivity index (χ1v) is 8.60. The average molecular weight is 367 g/mol. The second-order valence-corrected chi connectivity index (χ2v) is 6.38. The molecule has 3 rings (SSSR count). The van der Waals surface area contributed by atoms with Crippen LogP contribution in [0, 0.1) is 13.8 Å². The third-order valence-electron chi connectivity index (χ3n) is 3.81. The van der Waals surface area contributed by atoms with E-state index in [9.17, 15) is 4.79 Å². The molecule has 132 valence electrons. The van der Waals surface area contributed by atoms with E-state index in [-0.39, 0.29) is 5.91 Å². The van der Waals surface area contributed by atoms with Gasteiger partial charge in [-0.2, -0.15) is 0 Å². The summed E-state index contributed by atoms with van der Waals surface area (Å²) >= 11 is 6.15. The van der Waals surface area contributed by atoms with E-state index in [0.717, 1.165) is 16.8 Å². The Kier molecular flexibility index (Phi) is 5.49. The molecule has 3 aromatic rings. The van der Waals surface area contributed by atoms with Crippen molar-refractivity contribution in [1.29, 1.82) is 0 Å². The number of aryl methyl sites for hydroxylation is 2. The van der Waals surface area contributed by atoms with Gasteiger partial charge in [-0.15, -0.1) is 0 Å². The van der Waals surface area contributed by atoms with Gasteiger partial charge in [0.25, 0.3) is 5.91 Å². The number of nitrogens with one attached hydrogen (secondary N) is 2. The molecular weight excluding hydrogens is 348 g/mol. The van der Waals surface area contributed by atoms with Crippen LogP contribution < -0.4 is 10.6 Å². The lowest BCUT2D eigenvalue weighted by molar-refractivity contribution is 0.0945. The Hall–Kier alpha value is -2.92. The zero-order chi connectivity index (χ0) is 18.5. The fraction of sp³-hybridized carbons (Fsp3) is 0.150. The summed E-state index contributed by atoms with van der Waals surface area (Å²) in [5.41, 5.74) is 3.80. The predicted octanol–water partition coefficient (Wildman–Crippen LogP) is 4.42. The summed E-state index contributed by atoms with van der Waals surface area (Å²) in [4.78, 5) is 21.1. The monoisotopic (exact) mass is 366 g/mol. The molecule has 6 heteroatoms. The molecule has 0 aliphatic rings. The summed E-state index contributed by atoms with van der Waals surface area (Å²) in [6, 6.07) is 17.0. The number of carbonyl (C=O) groups excluding carboxylic acids is 1. The highest BCUT2D eigenvalue weighted by Crippen LogP contribution is 2.22. The normalized spacial score (nSPS) is 10.4. The topological polar surface area (TPSA) is 66.9 Å². The van der Waals surface area contributed by atoms with Gasteiger partial charge in [-0.3, -0.25) is 4.79 Å². The van der Waals surface area contributed by atoms with E-state index in [1.165, 1.54) is 0 Å². The number of nitrogens with zero attached hydrogens (tertiary/aromatic N) is 2. The minimum Gasteiger partial charge on any atom is -0.347 e. The van der Waals surface area contributed by atoms with Crippen LogP contribution in [-0.2, 0) is 6.54 Å². The SMILES string of the molecule is Cc1cc(C(=O)NCc2ccccc2)nc(Nc2ccc(C)c(Cl)c2)n1. The molecule has 1 aromatic heterocycles. The third-order valence-corrected chi connectivity index (χ3v) is 4.22. The van der Waals surface area contributed by atoms with Crippen molar-refractivity contribution in [2.45, 2.75) is 20.4 Å². The molecule has 0 atom stereocenters. The van der Waals surface area contributed by atoms with Crippen LogP contribution in [0.2, 0.25) is 5.02 Å². The first-order valence-electron chi connectivity index (χ1n) is 8.22. The lowest BCUT2D eigenvalue weighted by Crippen LogP contribution is -2.24. The molecule has 1 heterocycles. The van der Waals surface area contributed by atoms with Crippen molar-refractivity contribution in [2.75, 3.05) is 5.32 Å². The van der Waals surface area contributed by atoms with E-state index >= 15 is 0 Å². The molecule has 0 aliphatic heterocycles. The van der Waals surface area contributed by atoms with Gasteiger partial charge in [0.15, 0.2) is 0 Å². The Balaban J connectivity index is 1.74. The van der Waals surface area contributed by atoms with E-state index in [1.807, 2.05) is 56.3 Å². The number of hydrogen-bond acceptors (Lipinski definition) is 4. The van der Waals surface area contributed by atoms with Gasteiger partial charge in [0.05, 0.1) is 0 Å². The van der Waals surface area contributed by atoms with Crippen LogP contribution in [0.4, 0.5) is 11.6 Å². The Bertz CT molecular complexity index is 928. The van der Waals surface area contributed by atoms with Crippen molar-refractivity contribution in [2.24, 2.45) is 0 Å². The highest BCUT2D eigenvalue weighted by atomic mass is 35.5. The van der Waals surface area contributed by atoms with Crippen molar-refractivity contribution < 1.29 is 4.79 Å². The maximum absolute atomic E-state index is 12.4. The highest BCUT2D eigenvalue weighted by Gasteiger charge is 2.11. The van der Waals surface area contributed by atoms with Crippen LogP contribution in [0.5, 0.6) is 0 Å². The molecule has 0 bridgehead atoms. The van der Waals surface area contributed by atoms with Crippen LogP contribution in [0.15, 0.2) is 54.6 Å². The first-order chi connectivity index (χ1) is 12.5. The summed E-state index contributed by atoms with van der Waals surface area (Å²) in [7, 11) is 0. The summed E-state index contributed by atoms with van der Waals surface area (Å²) in [5, 5.41) is 6.62. The van der Waals surface area contributed by atoms with Gasteiger partial charge in [0.1, 0.15) is 5.69 Å². The number of halogens is 1. The molecule has 2 aromatic carbocycles. The van der Waals surface area contributed by atoms with E-state index in [0.29, 0.717) is 28.9 Å². The maximum atomic E-state index is 12.4. The van der Waals surface area contributed by atoms with Gasteiger partial charge in [0, 0.05) is 22.9 Å². The maximum Gasteiger partial charge on any atom is 0.270 e. The van der Waals surface area contributed by atoms with Crippen molar-refractivity contribution >= 4 is 29.1 Å². The molecule has 0 saturated heterocycles. The smallest absolute Gasteiger partial charge is 0.270 e. The highest BCUT2D eigenvalue weighted by molar-refractivity contribution is 6.31. The van der Waals surface area contributed by atoms with E-state index in [1.54, 1.807) is 12.1 Å². The molecule has 2 N–H and O–H groups in total. The Morgan fingerprint density at radius 2 is 1.81 bits per heavy atom. The summed E-state index contributed by atoms with van der Waals surface area (Å²) in [5.74, 6) is 0.110. The number of amides is 1. The zero-order valence-corrected chi connectivity index (χ0v) is 15.3. The van der Waals surface area contributed by atoms with Crippen LogP contribution in [0.3, 0.4) is 0 Å². The molecule has 26 heavy (non-hydrogen) atoms. The summed E-state index contributed by atoms with van der Waals surface area (Å²) in [6.45, 7) is 4.20. The molecule has 0 unspecified atom stereocenters. The third kappa shape index (κ3) is 4.58. The van der Waals surface area contributed by atoms with E-state index in [4.69, 9.17) is 11.6 Å². The number of aromatic nitrogens is 2. The molecule has 0 aliphatic carbocycles. The van der Waals surface area contributed by atoms with Crippen LogP contribution >= 0.6 is 11.6 Å². The second kappa shape index (κ2) is 7.97. The largest absolute Gasteiger partial charge is 0.347 e. The Morgan fingerprint density at radius 1 is 1.04 bits per heavy atom. The zero-order valence-electron chi connectivity index (χ0n) is 14.6. The average Bonchev–Trinajstić information content (AvgIpc) is 2.63. The predicted molar refractivity (Wildman–Crippen MR) is 104 cm³/mol. The van der Waals surface area contributed by atoms with Gasteiger partial charge in [-0.25, -0.2) is 9.97 Å². The van der Waals surface area contributed by atoms with Gasteiger partial charge in [0.2, 0.25) is 5.95 Å². The lowest BCUT2D eigenvalue weighted by atomic mass is 10.2. The number of hydrogen-bond donors (Lipinski definition) is 2. The summed E-state index contributed by atoms with van der Waals surface area (Å²) < 4.78 is 0. The number of rotatable bonds is 5. The fourth-order valence-electron chi connectivity index (χ4n) is 2.41. The molecule has 0 spiro atoms. The van der Waals surface area contributed by atoms with Crippen LogP contribution in [0.25, 0.3) is 0 Å². The molecule has 0 saturated carbocycles.